The number of carbonyl (C=O) groups is 1. The second kappa shape index (κ2) is 8.92. The summed E-state index contributed by atoms with van der Waals surface area (Å²) in [6.45, 7) is 2.30. The summed E-state index contributed by atoms with van der Waals surface area (Å²) in [6.07, 6.45) is 6.73. The van der Waals surface area contributed by atoms with E-state index in [4.69, 9.17) is 0 Å². The number of amides is 1. The average molecular weight is 353 g/mol. The fourth-order valence-electron chi connectivity index (χ4n) is 3.48. The van der Waals surface area contributed by atoms with Crippen molar-refractivity contribution in [3.63, 3.8) is 0 Å². The fourth-order valence-corrected chi connectivity index (χ4v) is 3.48. The number of carbonyl (C=O) groups excluding carboxylic acids is 1. The number of rotatable bonds is 8. The van der Waals surface area contributed by atoms with Crippen LogP contribution in [0, 0.1) is 0 Å². The molecule has 1 atom stereocenters. The number of aliphatic hydroxyl groups is 1. The highest BCUT2D eigenvalue weighted by molar-refractivity contribution is 5.86. The lowest BCUT2D eigenvalue weighted by Crippen LogP contribution is -2.58. The first-order chi connectivity index (χ1) is 12.7. The van der Waals surface area contributed by atoms with E-state index in [-0.39, 0.29) is 12.5 Å². The van der Waals surface area contributed by atoms with E-state index in [1.54, 1.807) is 12.4 Å². The maximum Gasteiger partial charge on any atom is 0.255 e. The van der Waals surface area contributed by atoms with Crippen molar-refractivity contribution >= 4 is 5.91 Å². The first kappa shape index (κ1) is 18.5. The van der Waals surface area contributed by atoms with Crippen LogP contribution >= 0.6 is 0 Å². The Morgan fingerprint density at radius 1 is 1.15 bits per heavy atom. The number of pyridine rings is 1. The maximum absolute atomic E-state index is 12.8. The number of nitrogens with one attached hydrogen (secondary N) is 1. The second-order valence-electron chi connectivity index (χ2n) is 6.98. The van der Waals surface area contributed by atoms with Crippen molar-refractivity contribution in [2.24, 2.45) is 0 Å². The number of nitrogens with zero attached hydrogens (tertiary/aromatic N) is 2. The highest BCUT2D eigenvalue weighted by Crippen LogP contribution is 2.22. The van der Waals surface area contributed by atoms with E-state index in [1.165, 1.54) is 5.56 Å². The van der Waals surface area contributed by atoms with Crippen molar-refractivity contribution in [2.75, 3.05) is 19.6 Å². The molecule has 1 saturated heterocycles. The van der Waals surface area contributed by atoms with Crippen LogP contribution in [0.25, 0.3) is 0 Å². The van der Waals surface area contributed by atoms with E-state index in [1.807, 2.05) is 35.2 Å². The van der Waals surface area contributed by atoms with Gasteiger partial charge in [-0.15, -0.1) is 0 Å². The van der Waals surface area contributed by atoms with Crippen LogP contribution in [0.1, 0.15) is 30.4 Å². The Morgan fingerprint density at radius 2 is 1.96 bits per heavy atom. The van der Waals surface area contributed by atoms with Crippen LogP contribution in [0.5, 0.6) is 0 Å². The number of aromatic nitrogens is 1. The molecule has 0 spiro atoms. The van der Waals surface area contributed by atoms with Gasteiger partial charge >= 0.3 is 0 Å². The molecule has 2 N–H and O–H groups in total. The van der Waals surface area contributed by atoms with Crippen LogP contribution in [-0.4, -0.2) is 46.1 Å². The number of aryl methyl sites for hydroxylation is 1. The van der Waals surface area contributed by atoms with E-state index in [0.717, 1.165) is 31.4 Å². The molecule has 5 heteroatoms. The van der Waals surface area contributed by atoms with Crippen LogP contribution in [-0.2, 0) is 17.8 Å². The molecule has 1 fully saturated rings. The minimum Gasteiger partial charge on any atom is -0.379 e. The third kappa shape index (κ3) is 4.90. The molecular weight excluding hydrogens is 326 g/mol. The van der Waals surface area contributed by atoms with E-state index < -0.39 is 5.60 Å². The van der Waals surface area contributed by atoms with Gasteiger partial charge in [0.25, 0.3) is 5.91 Å². The molecule has 0 radical (unpaired) electrons. The first-order valence-corrected chi connectivity index (χ1v) is 9.33. The monoisotopic (exact) mass is 353 g/mol. The Balaban J connectivity index is 1.47. The van der Waals surface area contributed by atoms with Gasteiger partial charge in [-0.05, 0) is 42.9 Å². The molecule has 0 aliphatic carbocycles. The average Bonchev–Trinajstić information content (AvgIpc) is 2.67. The molecule has 1 aliphatic rings. The van der Waals surface area contributed by atoms with Crippen molar-refractivity contribution < 1.29 is 9.90 Å². The van der Waals surface area contributed by atoms with Gasteiger partial charge in [0.2, 0.25) is 0 Å². The number of likely N-dealkylation sites (tertiary alicyclic amines) is 1. The lowest BCUT2D eigenvalue weighted by atomic mass is 9.91. The summed E-state index contributed by atoms with van der Waals surface area (Å²) in [5.74, 6) is -0.143. The Morgan fingerprint density at radius 3 is 2.73 bits per heavy atom. The van der Waals surface area contributed by atoms with Gasteiger partial charge in [0.05, 0.1) is 0 Å². The molecular formula is C21H27N3O2. The Hall–Kier alpha value is -2.24. The third-order valence-electron chi connectivity index (χ3n) is 4.91. The van der Waals surface area contributed by atoms with E-state index in [9.17, 15) is 9.90 Å². The van der Waals surface area contributed by atoms with Crippen molar-refractivity contribution in [2.45, 2.75) is 37.8 Å². The predicted molar refractivity (Wildman–Crippen MR) is 101 cm³/mol. The number of benzene rings is 1. The molecule has 1 amide bonds. The van der Waals surface area contributed by atoms with Gasteiger partial charge in [0.1, 0.15) is 0 Å². The topological polar surface area (TPSA) is 65.5 Å². The molecule has 138 valence electrons. The molecule has 1 aromatic carbocycles. The molecule has 5 nitrogen and oxygen atoms in total. The van der Waals surface area contributed by atoms with Crippen molar-refractivity contribution in [3.8, 4) is 0 Å². The highest BCUT2D eigenvalue weighted by Gasteiger charge is 2.41. The normalized spacial score (nSPS) is 20.3. The molecule has 2 heterocycles. The van der Waals surface area contributed by atoms with E-state index in [0.29, 0.717) is 19.5 Å². The van der Waals surface area contributed by atoms with Gasteiger partial charge in [-0.1, -0.05) is 36.4 Å². The van der Waals surface area contributed by atoms with Gasteiger partial charge in [-0.3, -0.25) is 9.78 Å². The Kier molecular flexibility index (Phi) is 6.36. The van der Waals surface area contributed by atoms with E-state index >= 15 is 0 Å². The molecule has 26 heavy (non-hydrogen) atoms. The number of piperidine rings is 1. The second-order valence-corrected chi connectivity index (χ2v) is 6.98. The van der Waals surface area contributed by atoms with Crippen LogP contribution in [0.3, 0.4) is 0 Å². The molecule has 0 saturated carbocycles. The van der Waals surface area contributed by atoms with Crippen LogP contribution in [0.15, 0.2) is 54.9 Å². The molecule has 1 aromatic heterocycles. The predicted octanol–water partition coefficient (Wildman–Crippen LogP) is 2.16. The zero-order valence-corrected chi connectivity index (χ0v) is 15.1. The summed E-state index contributed by atoms with van der Waals surface area (Å²) < 4.78 is 0. The van der Waals surface area contributed by atoms with Crippen molar-refractivity contribution in [1.82, 2.24) is 15.2 Å². The minimum absolute atomic E-state index is 0.143. The van der Waals surface area contributed by atoms with E-state index in [2.05, 4.69) is 22.4 Å². The lowest BCUT2D eigenvalue weighted by Gasteiger charge is -2.38. The lowest BCUT2D eigenvalue weighted by molar-refractivity contribution is -0.156. The fraction of sp³-hybridized carbons (Fsp3) is 0.429. The summed E-state index contributed by atoms with van der Waals surface area (Å²) in [7, 11) is 0. The minimum atomic E-state index is -1.30. The van der Waals surface area contributed by atoms with Gasteiger partial charge < -0.3 is 15.3 Å². The maximum atomic E-state index is 12.8. The molecule has 0 bridgehead atoms. The summed E-state index contributed by atoms with van der Waals surface area (Å²) in [4.78, 5) is 18.6. The third-order valence-corrected chi connectivity index (χ3v) is 4.91. The molecule has 1 aliphatic heterocycles. The Labute approximate surface area is 155 Å². The van der Waals surface area contributed by atoms with Crippen LogP contribution in [0.4, 0.5) is 0 Å². The van der Waals surface area contributed by atoms with Gasteiger partial charge in [0, 0.05) is 38.6 Å². The summed E-state index contributed by atoms with van der Waals surface area (Å²) in [5.41, 5.74) is 1.03. The number of hydrogen-bond donors (Lipinski definition) is 2. The zero-order chi connectivity index (χ0) is 18.2. The Bertz CT molecular complexity index is 693. The molecule has 2 aromatic rings. The standard InChI is InChI=1S/C21H27N3O2/c25-20-21(26,17-23-16-19-9-4-12-22-15-19)11-6-14-24(20)13-5-10-18-7-2-1-3-8-18/h1-4,7-9,12,15,23,26H,5-6,10-11,13-14,16-17H2. The van der Waals surface area contributed by atoms with Crippen molar-refractivity contribution in [3.05, 3.63) is 66.0 Å². The largest absolute Gasteiger partial charge is 0.379 e. The van der Waals surface area contributed by atoms with Gasteiger partial charge in [-0.25, -0.2) is 0 Å². The number of hydrogen-bond acceptors (Lipinski definition) is 4. The summed E-state index contributed by atoms with van der Waals surface area (Å²) in [6, 6.07) is 14.2. The summed E-state index contributed by atoms with van der Waals surface area (Å²) >= 11 is 0. The first-order valence-electron chi connectivity index (χ1n) is 9.33. The zero-order valence-electron chi connectivity index (χ0n) is 15.1. The SMILES string of the molecule is O=C1N(CCCc2ccccc2)CCCC1(O)CNCc1cccnc1. The van der Waals surface area contributed by atoms with Crippen LogP contribution in [0.2, 0.25) is 0 Å². The van der Waals surface area contributed by atoms with Gasteiger partial charge in [-0.2, -0.15) is 0 Å². The van der Waals surface area contributed by atoms with Crippen molar-refractivity contribution in [1.29, 1.82) is 0 Å². The van der Waals surface area contributed by atoms with Crippen LogP contribution < -0.4 is 5.32 Å². The molecule has 1 unspecified atom stereocenters. The smallest absolute Gasteiger partial charge is 0.255 e. The highest BCUT2D eigenvalue weighted by atomic mass is 16.3. The van der Waals surface area contributed by atoms with Gasteiger partial charge in [0.15, 0.2) is 5.60 Å². The quantitative estimate of drug-likeness (QED) is 0.763. The molecule has 3 rings (SSSR count). The summed E-state index contributed by atoms with van der Waals surface area (Å²) in [5, 5.41) is 14.0.